The third-order valence-electron chi connectivity index (χ3n) is 10.7. The molecule has 6 nitrogen and oxygen atoms in total. The molecule has 0 fully saturated rings. The largest absolute Gasteiger partial charge is 0.462 e. The van der Waals surface area contributed by atoms with Crippen molar-refractivity contribution in [2.24, 2.45) is 0 Å². The van der Waals surface area contributed by atoms with E-state index in [4.69, 9.17) is 14.2 Å². The number of hydrogen-bond donors (Lipinski definition) is 0. The fourth-order valence-electron chi connectivity index (χ4n) is 6.99. The minimum atomic E-state index is -0.771. The monoisotopic (exact) mass is 789 g/mol. The first kappa shape index (κ1) is 53.9. The second kappa shape index (κ2) is 45.6. The Labute approximate surface area is 347 Å². The first-order valence-corrected chi connectivity index (χ1v) is 24.3. The Morgan fingerprint density at radius 1 is 0.357 bits per heavy atom. The molecule has 1 atom stereocenters. The number of rotatable bonds is 44. The molecule has 0 aromatic heterocycles. The molecule has 0 aromatic rings. The van der Waals surface area contributed by atoms with E-state index in [0.29, 0.717) is 19.3 Å². The van der Waals surface area contributed by atoms with Crippen LogP contribution in [-0.4, -0.2) is 37.2 Å². The van der Waals surface area contributed by atoms with Crippen molar-refractivity contribution >= 4 is 17.9 Å². The number of esters is 3. The Hall–Kier alpha value is -2.11. The molecule has 0 bridgehead atoms. The number of carbonyl (C=O) groups is 3. The average Bonchev–Trinajstić information content (AvgIpc) is 3.19. The van der Waals surface area contributed by atoms with Gasteiger partial charge in [-0.25, -0.2) is 0 Å². The molecule has 328 valence electrons. The highest BCUT2D eigenvalue weighted by molar-refractivity contribution is 5.71. The molecule has 0 aliphatic rings. The van der Waals surface area contributed by atoms with Gasteiger partial charge in [-0.05, 0) is 44.9 Å². The van der Waals surface area contributed by atoms with Crippen LogP contribution in [-0.2, 0) is 28.6 Å². The van der Waals surface area contributed by atoms with Gasteiger partial charge in [-0.2, -0.15) is 0 Å². The molecule has 1 unspecified atom stereocenters. The molecule has 0 saturated carbocycles. The van der Waals surface area contributed by atoms with Crippen molar-refractivity contribution < 1.29 is 28.6 Å². The van der Waals surface area contributed by atoms with Crippen LogP contribution in [0.1, 0.15) is 258 Å². The predicted molar refractivity (Wildman–Crippen MR) is 238 cm³/mol. The van der Waals surface area contributed by atoms with E-state index in [1.54, 1.807) is 0 Å². The topological polar surface area (TPSA) is 78.9 Å². The van der Waals surface area contributed by atoms with Gasteiger partial charge < -0.3 is 14.2 Å². The lowest BCUT2D eigenvalue weighted by molar-refractivity contribution is -0.167. The van der Waals surface area contributed by atoms with Crippen LogP contribution >= 0.6 is 0 Å². The highest BCUT2D eigenvalue weighted by atomic mass is 16.6. The molecular weight excluding hydrogens is 697 g/mol. The lowest BCUT2D eigenvalue weighted by Crippen LogP contribution is -2.30. The van der Waals surface area contributed by atoms with Gasteiger partial charge in [0.1, 0.15) is 13.2 Å². The highest BCUT2D eigenvalue weighted by Gasteiger charge is 2.19. The van der Waals surface area contributed by atoms with E-state index in [9.17, 15) is 14.4 Å². The Morgan fingerprint density at radius 3 is 1.04 bits per heavy atom. The molecule has 0 radical (unpaired) electrons. The summed E-state index contributed by atoms with van der Waals surface area (Å²) in [5, 5.41) is 0. The van der Waals surface area contributed by atoms with Crippen LogP contribution in [0.3, 0.4) is 0 Å². The molecule has 6 heteroatoms. The van der Waals surface area contributed by atoms with E-state index in [1.165, 1.54) is 135 Å². The van der Waals surface area contributed by atoms with Crippen LogP contribution in [0.5, 0.6) is 0 Å². The van der Waals surface area contributed by atoms with Crippen molar-refractivity contribution in [2.45, 2.75) is 264 Å². The summed E-state index contributed by atoms with van der Waals surface area (Å²) in [6.45, 7) is 6.58. The second-order valence-corrected chi connectivity index (χ2v) is 16.4. The summed E-state index contributed by atoms with van der Waals surface area (Å²) in [7, 11) is 0. The number of unbranched alkanes of at least 4 members (excludes halogenated alkanes) is 29. The summed E-state index contributed by atoms with van der Waals surface area (Å²) in [6.07, 6.45) is 50.1. The normalized spacial score (nSPS) is 12.1. The van der Waals surface area contributed by atoms with Gasteiger partial charge in [0.05, 0.1) is 0 Å². The smallest absolute Gasteiger partial charge is 0.306 e. The number of allylic oxidation sites excluding steroid dienone is 4. The van der Waals surface area contributed by atoms with Gasteiger partial charge in [0, 0.05) is 19.3 Å². The minimum Gasteiger partial charge on any atom is -0.462 e. The molecule has 0 amide bonds. The molecule has 0 spiro atoms. The maximum Gasteiger partial charge on any atom is 0.306 e. The van der Waals surface area contributed by atoms with E-state index in [2.05, 4.69) is 45.1 Å². The van der Waals surface area contributed by atoms with Crippen molar-refractivity contribution in [2.75, 3.05) is 13.2 Å². The van der Waals surface area contributed by atoms with Gasteiger partial charge in [-0.15, -0.1) is 0 Å². The van der Waals surface area contributed by atoms with Crippen molar-refractivity contribution in [3.8, 4) is 0 Å². The van der Waals surface area contributed by atoms with Gasteiger partial charge in [0.2, 0.25) is 0 Å². The van der Waals surface area contributed by atoms with Gasteiger partial charge in [-0.3, -0.25) is 14.4 Å². The minimum absolute atomic E-state index is 0.0727. The third kappa shape index (κ3) is 43.0. The predicted octanol–water partition coefficient (Wildman–Crippen LogP) is 15.6. The number of carbonyl (C=O) groups excluding carboxylic acids is 3. The van der Waals surface area contributed by atoms with E-state index in [-0.39, 0.29) is 31.1 Å². The van der Waals surface area contributed by atoms with Gasteiger partial charge in [-0.1, -0.05) is 218 Å². The molecule has 56 heavy (non-hydrogen) atoms. The SMILES string of the molecule is CCCC/C=C\C/C=C\CCCCCCCC(=O)OC(COC(=O)CCCCCCCCCCC)COC(=O)CCCCCCCCCCCCCCCCC. The van der Waals surface area contributed by atoms with E-state index in [0.717, 1.165) is 83.5 Å². The molecule has 0 rings (SSSR count). The van der Waals surface area contributed by atoms with Crippen molar-refractivity contribution in [1.82, 2.24) is 0 Å². The standard InChI is InChI=1S/C50H92O6/c1-4-7-10-13-16-19-21-23-25-27-28-31-34-37-40-43-49(52)55-46-47(45-54-48(51)42-39-36-33-30-18-15-12-9-6-3)56-50(53)44-41-38-35-32-29-26-24-22-20-17-14-11-8-5-2/h14,17,22,24,47H,4-13,15-16,18-21,23,25-46H2,1-3H3/b17-14-,24-22-. The maximum atomic E-state index is 12.7. The molecule has 0 aromatic carbocycles. The summed E-state index contributed by atoms with van der Waals surface area (Å²) in [6, 6.07) is 0. The van der Waals surface area contributed by atoms with Crippen molar-refractivity contribution in [3.63, 3.8) is 0 Å². The quantitative estimate of drug-likeness (QED) is 0.0265. The fourth-order valence-corrected chi connectivity index (χ4v) is 6.99. The summed E-state index contributed by atoms with van der Waals surface area (Å²) in [5.74, 6) is -0.880. The lowest BCUT2D eigenvalue weighted by atomic mass is 10.0. The van der Waals surface area contributed by atoms with Crippen molar-refractivity contribution in [1.29, 1.82) is 0 Å². The molecule has 0 N–H and O–H groups in total. The Bertz CT molecular complexity index is 911. The van der Waals surface area contributed by atoms with Crippen LogP contribution < -0.4 is 0 Å². The van der Waals surface area contributed by atoms with Gasteiger partial charge in [0.15, 0.2) is 6.10 Å². The Balaban J connectivity index is 4.33. The summed E-state index contributed by atoms with van der Waals surface area (Å²) < 4.78 is 16.7. The van der Waals surface area contributed by atoms with Crippen LogP contribution in [0.15, 0.2) is 24.3 Å². The van der Waals surface area contributed by atoms with Crippen molar-refractivity contribution in [3.05, 3.63) is 24.3 Å². The molecule has 0 heterocycles. The molecule has 0 aliphatic heterocycles. The highest BCUT2D eigenvalue weighted by Crippen LogP contribution is 2.15. The molecular formula is C50H92O6. The summed E-state index contributed by atoms with van der Waals surface area (Å²) in [5.41, 5.74) is 0. The maximum absolute atomic E-state index is 12.7. The first-order valence-electron chi connectivity index (χ1n) is 24.3. The van der Waals surface area contributed by atoms with E-state index in [1.807, 2.05) is 0 Å². The number of hydrogen-bond acceptors (Lipinski definition) is 6. The summed E-state index contributed by atoms with van der Waals surface area (Å²) >= 11 is 0. The Kier molecular flexibility index (Phi) is 43.9. The average molecular weight is 789 g/mol. The zero-order valence-electron chi connectivity index (χ0n) is 37.4. The summed E-state index contributed by atoms with van der Waals surface area (Å²) in [4.78, 5) is 37.8. The molecule has 0 aliphatic carbocycles. The molecule has 0 saturated heterocycles. The van der Waals surface area contributed by atoms with Crippen LogP contribution in [0.25, 0.3) is 0 Å². The number of ether oxygens (including phenoxy) is 3. The van der Waals surface area contributed by atoms with Gasteiger partial charge >= 0.3 is 17.9 Å². The fraction of sp³-hybridized carbons (Fsp3) is 0.860. The first-order chi connectivity index (χ1) is 27.5. The Morgan fingerprint density at radius 2 is 0.661 bits per heavy atom. The third-order valence-corrected chi connectivity index (χ3v) is 10.7. The van der Waals surface area contributed by atoms with E-state index >= 15 is 0 Å². The lowest BCUT2D eigenvalue weighted by Gasteiger charge is -2.18. The zero-order chi connectivity index (χ0) is 40.8. The van der Waals surface area contributed by atoms with Crippen LogP contribution in [0, 0.1) is 0 Å². The van der Waals surface area contributed by atoms with Crippen LogP contribution in [0.4, 0.5) is 0 Å². The van der Waals surface area contributed by atoms with Gasteiger partial charge in [0.25, 0.3) is 0 Å². The van der Waals surface area contributed by atoms with Crippen LogP contribution in [0.2, 0.25) is 0 Å². The zero-order valence-corrected chi connectivity index (χ0v) is 37.4. The van der Waals surface area contributed by atoms with E-state index < -0.39 is 6.10 Å². The second-order valence-electron chi connectivity index (χ2n) is 16.4.